The van der Waals surface area contributed by atoms with Crippen molar-refractivity contribution in [1.29, 1.82) is 0 Å². The SMILES string of the molecule is Oc1ccc(Br)cc1-c1nc(-c2ccsc2)no1. The second-order valence-corrected chi connectivity index (χ2v) is 5.29. The predicted octanol–water partition coefficient (Wildman–Crippen LogP) is 3.93. The van der Waals surface area contributed by atoms with Gasteiger partial charge >= 0.3 is 0 Å². The van der Waals surface area contributed by atoms with Gasteiger partial charge in [0.15, 0.2) is 0 Å². The summed E-state index contributed by atoms with van der Waals surface area (Å²) in [5, 5.41) is 17.6. The Morgan fingerprint density at radius 2 is 2.17 bits per heavy atom. The molecule has 0 saturated heterocycles. The number of benzene rings is 1. The van der Waals surface area contributed by atoms with E-state index in [0.29, 0.717) is 17.3 Å². The summed E-state index contributed by atoms with van der Waals surface area (Å²) in [6.07, 6.45) is 0. The number of rotatable bonds is 2. The minimum atomic E-state index is 0.110. The van der Waals surface area contributed by atoms with Crippen molar-refractivity contribution in [2.45, 2.75) is 0 Å². The zero-order chi connectivity index (χ0) is 12.5. The Labute approximate surface area is 115 Å². The summed E-state index contributed by atoms with van der Waals surface area (Å²) >= 11 is 4.91. The van der Waals surface area contributed by atoms with Crippen molar-refractivity contribution in [2.24, 2.45) is 0 Å². The molecule has 6 heteroatoms. The Kier molecular flexibility index (Phi) is 2.89. The van der Waals surface area contributed by atoms with E-state index >= 15 is 0 Å². The Morgan fingerprint density at radius 1 is 1.28 bits per heavy atom. The van der Waals surface area contributed by atoms with Gasteiger partial charge in [-0.3, -0.25) is 0 Å². The highest BCUT2D eigenvalue weighted by Gasteiger charge is 2.14. The molecular formula is C12H7BrN2O2S. The van der Waals surface area contributed by atoms with Gasteiger partial charge in [0.25, 0.3) is 5.89 Å². The third kappa shape index (κ3) is 2.04. The number of nitrogens with zero attached hydrogens (tertiary/aromatic N) is 2. The molecule has 3 rings (SSSR count). The molecule has 0 aliphatic rings. The van der Waals surface area contributed by atoms with Gasteiger partial charge in [-0.1, -0.05) is 21.1 Å². The zero-order valence-corrected chi connectivity index (χ0v) is 11.4. The smallest absolute Gasteiger partial charge is 0.262 e. The normalized spacial score (nSPS) is 10.7. The molecule has 2 heterocycles. The maximum Gasteiger partial charge on any atom is 0.262 e. The lowest BCUT2D eigenvalue weighted by Crippen LogP contribution is -1.80. The van der Waals surface area contributed by atoms with Gasteiger partial charge in [-0.15, -0.1) is 0 Å². The van der Waals surface area contributed by atoms with Gasteiger partial charge in [0, 0.05) is 15.4 Å². The molecule has 1 aromatic carbocycles. The monoisotopic (exact) mass is 322 g/mol. The molecule has 3 aromatic rings. The van der Waals surface area contributed by atoms with E-state index in [9.17, 15) is 5.11 Å². The molecule has 0 fully saturated rings. The third-order valence-corrected chi connectivity index (χ3v) is 3.57. The summed E-state index contributed by atoms with van der Waals surface area (Å²) in [4.78, 5) is 4.27. The molecule has 0 aliphatic heterocycles. The summed E-state index contributed by atoms with van der Waals surface area (Å²) in [5.41, 5.74) is 1.42. The van der Waals surface area contributed by atoms with Crippen LogP contribution in [-0.2, 0) is 0 Å². The van der Waals surface area contributed by atoms with Gasteiger partial charge in [-0.25, -0.2) is 0 Å². The Balaban J connectivity index is 2.05. The molecule has 0 amide bonds. The standard InChI is InChI=1S/C12H7BrN2O2S/c13-8-1-2-10(16)9(5-8)12-14-11(15-17-12)7-3-4-18-6-7/h1-6,16H. The fraction of sp³-hybridized carbons (Fsp3) is 0. The van der Waals surface area contributed by atoms with Crippen LogP contribution < -0.4 is 0 Å². The molecule has 2 aromatic heterocycles. The maximum absolute atomic E-state index is 9.78. The number of hydrogen-bond donors (Lipinski definition) is 1. The quantitative estimate of drug-likeness (QED) is 0.776. The highest BCUT2D eigenvalue weighted by Crippen LogP contribution is 2.32. The van der Waals surface area contributed by atoms with Crippen LogP contribution in [0.15, 0.2) is 44.0 Å². The van der Waals surface area contributed by atoms with Gasteiger partial charge in [0.1, 0.15) is 5.75 Å². The molecule has 4 nitrogen and oxygen atoms in total. The van der Waals surface area contributed by atoms with E-state index in [1.165, 1.54) is 0 Å². The minimum absolute atomic E-state index is 0.110. The summed E-state index contributed by atoms with van der Waals surface area (Å²) in [6.45, 7) is 0. The van der Waals surface area contributed by atoms with E-state index < -0.39 is 0 Å². The first-order valence-corrected chi connectivity index (χ1v) is 6.83. The number of aromatic nitrogens is 2. The van der Waals surface area contributed by atoms with Crippen molar-refractivity contribution < 1.29 is 9.63 Å². The topological polar surface area (TPSA) is 59.2 Å². The van der Waals surface area contributed by atoms with Crippen molar-refractivity contribution in [3.8, 4) is 28.6 Å². The average Bonchev–Trinajstić information content (AvgIpc) is 3.00. The van der Waals surface area contributed by atoms with Crippen molar-refractivity contribution >= 4 is 27.3 Å². The minimum Gasteiger partial charge on any atom is -0.507 e. The number of phenolic OH excluding ortho intramolecular Hbond substituents is 1. The summed E-state index contributed by atoms with van der Waals surface area (Å²) in [5.74, 6) is 0.930. The third-order valence-electron chi connectivity index (χ3n) is 2.39. The lowest BCUT2D eigenvalue weighted by Gasteiger charge is -1.99. The summed E-state index contributed by atoms with van der Waals surface area (Å²) < 4.78 is 6.01. The molecule has 0 saturated carbocycles. The average molecular weight is 323 g/mol. The molecule has 1 N–H and O–H groups in total. The van der Waals surface area contributed by atoms with Crippen molar-refractivity contribution in [3.05, 3.63) is 39.5 Å². The molecule has 90 valence electrons. The van der Waals surface area contributed by atoms with Gasteiger partial charge < -0.3 is 9.63 Å². The van der Waals surface area contributed by atoms with Crippen LogP contribution in [-0.4, -0.2) is 15.2 Å². The Hall–Kier alpha value is -1.66. The molecule has 0 spiro atoms. The van der Waals surface area contributed by atoms with Crippen molar-refractivity contribution in [1.82, 2.24) is 10.1 Å². The summed E-state index contributed by atoms with van der Waals surface area (Å²) in [7, 11) is 0. The lowest BCUT2D eigenvalue weighted by atomic mass is 10.2. The van der Waals surface area contributed by atoms with Crippen LogP contribution in [0.25, 0.3) is 22.8 Å². The van der Waals surface area contributed by atoms with Crippen LogP contribution in [0, 0.1) is 0 Å². The second kappa shape index (κ2) is 4.55. The van der Waals surface area contributed by atoms with Crippen LogP contribution in [0.4, 0.5) is 0 Å². The Bertz CT molecular complexity index is 679. The second-order valence-electron chi connectivity index (χ2n) is 3.60. The molecule has 0 bridgehead atoms. The molecule has 0 atom stereocenters. The van der Waals surface area contributed by atoms with Crippen LogP contribution >= 0.6 is 27.3 Å². The van der Waals surface area contributed by atoms with Crippen molar-refractivity contribution in [2.75, 3.05) is 0 Å². The highest BCUT2D eigenvalue weighted by molar-refractivity contribution is 9.10. The molecule has 18 heavy (non-hydrogen) atoms. The molecule has 0 aliphatic carbocycles. The van der Waals surface area contributed by atoms with E-state index in [1.807, 2.05) is 16.8 Å². The fourth-order valence-corrected chi connectivity index (χ4v) is 2.52. The number of halogens is 1. The van der Waals surface area contributed by atoms with Crippen LogP contribution in [0.1, 0.15) is 0 Å². The highest BCUT2D eigenvalue weighted by atomic mass is 79.9. The van der Waals surface area contributed by atoms with Crippen LogP contribution in [0.2, 0.25) is 0 Å². The van der Waals surface area contributed by atoms with E-state index in [4.69, 9.17) is 4.52 Å². The van der Waals surface area contributed by atoms with Gasteiger partial charge in [0.2, 0.25) is 5.82 Å². The Morgan fingerprint density at radius 3 is 2.94 bits per heavy atom. The van der Waals surface area contributed by atoms with Gasteiger partial charge in [-0.2, -0.15) is 16.3 Å². The first-order chi connectivity index (χ1) is 8.74. The first kappa shape index (κ1) is 11.4. The van der Waals surface area contributed by atoms with E-state index in [1.54, 1.807) is 29.5 Å². The van der Waals surface area contributed by atoms with Gasteiger partial charge in [-0.05, 0) is 29.6 Å². The molecule has 0 unspecified atom stereocenters. The number of phenols is 1. The van der Waals surface area contributed by atoms with Gasteiger partial charge in [0.05, 0.1) is 5.56 Å². The summed E-state index contributed by atoms with van der Waals surface area (Å²) in [6, 6.07) is 6.98. The lowest BCUT2D eigenvalue weighted by molar-refractivity contribution is 0.425. The van der Waals surface area contributed by atoms with E-state index in [2.05, 4.69) is 26.1 Å². The zero-order valence-electron chi connectivity index (χ0n) is 9.00. The number of thiophene rings is 1. The van der Waals surface area contributed by atoms with E-state index in [-0.39, 0.29) is 5.75 Å². The number of hydrogen-bond acceptors (Lipinski definition) is 5. The molecule has 0 radical (unpaired) electrons. The van der Waals surface area contributed by atoms with Crippen LogP contribution in [0.5, 0.6) is 5.75 Å². The predicted molar refractivity (Wildman–Crippen MR) is 72.4 cm³/mol. The maximum atomic E-state index is 9.78. The van der Waals surface area contributed by atoms with E-state index in [0.717, 1.165) is 10.0 Å². The fourth-order valence-electron chi connectivity index (χ4n) is 1.52. The largest absolute Gasteiger partial charge is 0.507 e. The van der Waals surface area contributed by atoms with Crippen molar-refractivity contribution in [3.63, 3.8) is 0 Å². The number of aromatic hydroxyl groups is 1. The molecular weight excluding hydrogens is 316 g/mol. The van der Waals surface area contributed by atoms with Crippen LogP contribution in [0.3, 0.4) is 0 Å². The first-order valence-electron chi connectivity index (χ1n) is 5.09.